The fraction of sp³-hybridized carbons (Fsp3) is 0.0769. The first-order valence-electron chi connectivity index (χ1n) is 14.6. The van der Waals surface area contributed by atoms with E-state index in [2.05, 4.69) is 5.32 Å². The van der Waals surface area contributed by atoms with Crippen molar-refractivity contribution in [2.75, 3.05) is 13.7 Å². The Morgan fingerprint density at radius 2 is 1.16 bits per heavy atom. The number of methoxy groups -OCH3 is 1. The number of benzene rings is 5. The van der Waals surface area contributed by atoms with Gasteiger partial charge in [0.1, 0.15) is 17.1 Å². The van der Waals surface area contributed by atoms with E-state index < -0.39 is 11.8 Å². The van der Waals surface area contributed by atoms with Gasteiger partial charge >= 0.3 is 5.97 Å². The predicted molar refractivity (Wildman–Crippen MR) is 175 cm³/mol. The number of rotatable bonds is 8. The summed E-state index contributed by atoms with van der Waals surface area (Å²) in [5, 5.41) is 3.08. The molecule has 1 heterocycles. The number of hydrogen-bond donors (Lipinski definition) is 1. The second kappa shape index (κ2) is 13.2. The minimum Gasteiger partial charge on any atom is -0.465 e. The van der Waals surface area contributed by atoms with Gasteiger partial charge in [-0.1, -0.05) is 152 Å². The molecule has 1 amide bonds. The van der Waals surface area contributed by atoms with E-state index in [0.717, 1.165) is 0 Å². The molecule has 6 heteroatoms. The van der Waals surface area contributed by atoms with Crippen LogP contribution < -0.4 is 5.32 Å². The molecule has 0 saturated carbocycles. The number of amides is 1. The van der Waals surface area contributed by atoms with Crippen molar-refractivity contribution in [1.82, 2.24) is 5.32 Å². The molecule has 6 nitrogen and oxygen atoms in total. The molecular weight excluding hydrogens is 562 g/mol. The van der Waals surface area contributed by atoms with Crippen molar-refractivity contribution in [3.8, 4) is 0 Å². The average Bonchev–Trinajstić information content (AvgIpc) is 3.26. The second-order valence-electron chi connectivity index (χ2n) is 10.4. The predicted octanol–water partition coefficient (Wildman–Crippen LogP) is 7.31. The summed E-state index contributed by atoms with van der Waals surface area (Å²) in [4.78, 5) is 27.6. The van der Waals surface area contributed by atoms with Gasteiger partial charge in [0.2, 0.25) is 0 Å². The largest absolute Gasteiger partial charge is 0.465 e. The van der Waals surface area contributed by atoms with E-state index in [1.807, 2.05) is 152 Å². The van der Waals surface area contributed by atoms with Gasteiger partial charge in [-0.3, -0.25) is 4.79 Å². The summed E-state index contributed by atoms with van der Waals surface area (Å²) in [6.45, 7) is -0.0674. The third kappa shape index (κ3) is 6.12. The first-order valence-corrected chi connectivity index (χ1v) is 14.6. The Morgan fingerprint density at radius 3 is 1.71 bits per heavy atom. The maximum atomic E-state index is 14.0. The van der Waals surface area contributed by atoms with Crippen LogP contribution in [0.5, 0.6) is 0 Å². The highest BCUT2D eigenvalue weighted by molar-refractivity contribution is 6.26. The first kappa shape index (κ1) is 29.2. The topological polar surface area (TPSA) is 73.9 Å². The van der Waals surface area contributed by atoms with Crippen LogP contribution in [0, 0.1) is 0 Å². The molecule has 6 rings (SSSR count). The SMILES string of the molecule is COC(=O)/C(=C(\OC1(c2ccccc2)CNC(=O)C(c2ccccc2)=C(c2ccccc2)O1)c1ccccc1)c1ccccc1. The summed E-state index contributed by atoms with van der Waals surface area (Å²) in [6.07, 6.45) is 0. The van der Waals surface area contributed by atoms with Crippen LogP contribution in [0.25, 0.3) is 22.7 Å². The molecule has 0 saturated heterocycles. The molecule has 5 aromatic carbocycles. The highest BCUT2D eigenvalue weighted by atomic mass is 16.7. The molecule has 0 fully saturated rings. The summed E-state index contributed by atoms with van der Waals surface area (Å²) in [6, 6.07) is 46.8. The third-order valence-corrected chi connectivity index (χ3v) is 7.50. The molecule has 45 heavy (non-hydrogen) atoms. The van der Waals surface area contributed by atoms with Gasteiger partial charge in [-0.25, -0.2) is 4.79 Å². The van der Waals surface area contributed by atoms with Crippen LogP contribution in [0.3, 0.4) is 0 Å². The summed E-state index contributed by atoms with van der Waals surface area (Å²) >= 11 is 0. The van der Waals surface area contributed by atoms with E-state index >= 15 is 0 Å². The van der Waals surface area contributed by atoms with Crippen molar-refractivity contribution >= 4 is 34.5 Å². The summed E-state index contributed by atoms with van der Waals surface area (Å²) < 4.78 is 19.4. The smallest absolute Gasteiger partial charge is 0.342 e. The summed E-state index contributed by atoms with van der Waals surface area (Å²) in [7, 11) is 1.34. The van der Waals surface area contributed by atoms with E-state index in [1.165, 1.54) is 7.11 Å². The Hall–Kier alpha value is -5.88. The van der Waals surface area contributed by atoms with Crippen LogP contribution in [-0.4, -0.2) is 25.5 Å². The normalized spacial score (nSPS) is 16.9. The summed E-state index contributed by atoms with van der Waals surface area (Å²) in [5.41, 5.74) is 3.84. The molecule has 222 valence electrons. The van der Waals surface area contributed by atoms with Crippen molar-refractivity contribution < 1.29 is 23.8 Å². The number of esters is 1. The van der Waals surface area contributed by atoms with Gasteiger partial charge in [0.15, 0.2) is 0 Å². The Balaban J connectivity index is 1.64. The number of ether oxygens (including phenoxy) is 3. The monoisotopic (exact) mass is 593 g/mol. The van der Waals surface area contributed by atoms with Crippen molar-refractivity contribution in [3.05, 3.63) is 179 Å². The van der Waals surface area contributed by atoms with Crippen LogP contribution in [0.2, 0.25) is 0 Å². The molecule has 1 aliphatic rings. The molecule has 1 unspecified atom stereocenters. The molecule has 0 aliphatic carbocycles. The number of carbonyl (C=O) groups is 2. The maximum Gasteiger partial charge on any atom is 0.342 e. The highest BCUT2D eigenvalue weighted by Gasteiger charge is 2.44. The first-order chi connectivity index (χ1) is 22.1. The highest BCUT2D eigenvalue weighted by Crippen LogP contribution is 2.43. The van der Waals surface area contributed by atoms with E-state index in [9.17, 15) is 9.59 Å². The van der Waals surface area contributed by atoms with Gasteiger partial charge in [-0.05, 0) is 11.1 Å². The quantitative estimate of drug-likeness (QED) is 0.0884. The Bertz CT molecular complexity index is 1840. The minimum atomic E-state index is -1.61. The van der Waals surface area contributed by atoms with Crippen LogP contribution >= 0.6 is 0 Å². The van der Waals surface area contributed by atoms with Crippen LogP contribution in [0.1, 0.15) is 27.8 Å². The lowest BCUT2D eigenvalue weighted by Gasteiger charge is -2.36. The lowest BCUT2D eigenvalue weighted by Crippen LogP contribution is -2.42. The van der Waals surface area contributed by atoms with Gasteiger partial charge in [0, 0.05) is 16.7 Å². The second-order valence-corrected chi connectivity index (χ2v) is 10.4. The minimum absolute atomic E-state index is 0.0674. The van der Waals surface area contributed by atoms with Crippen molar-refractivity contribution in [1.29, 1.82) is 0 Å². The standard InChI is InChI=1S/C39H31NO5/c1-43-38(42)34(29-19-9-3-10-20-29)36(31-23-13-5-14-24-31)45-39(32-25-15-6-16-26-32)27-40-37(41)33(28-17-7-2-8-18-28)35(44-39)30-21-11-4-12-22-30/h2-26H,27H2,1H3,(H,40,41)/b36-34-. The molecule has 1 atom stereocenters. The zero-order chi connectivity index (χ0) is 31.1. The van der Waals surface area contributed by atoms with Crippen molar-refractivity contribution in [3.63, 3.8) is 0 Å². The van der Waals surface area contributed by atoms with Gasteiger partial charge in [0.25, 0.3) is 11.7 Å². The summed E-state index contributed by atoms with van der Waals surface area (Å²) in [5.74, 6) is -1.93. The molecule has 1 aliphatic heterocycles. The lowest BCUT2D eigenvalue weighted by molar-refractivity contribution is -0.157. The van der Waals surface area contributed by atoms with E-state index in [1.54, 1.807) is 0 Å². The fourth-order valence-electron chi connectivity index (χ4n) is 5.33. The van der Waals surface area contributed by atoms with E-state index in [-0.39, 0.29) is 23.8 Å². The Kier molecular flexibility index (Phi) is 8.56. The maximum absolute atomic E-state index is 14.0. The number of hydrogen-bond acceptors (Lipinski definition) is 5. The van der Waals surface area contributed by atoms with Crippen LogP contribution in [0.15, 0.2) is 152 Å². The Labute approximate surface area is 262 Å². The molecule has 0 radical (unpaired) electrons. The van der Waals surface area contributed by atoms with Crippen molar-refractivity contribution in [2.24, 2.45) is 0 Å². The molecule has 0 spiro atoms. The van der Waals surface area contributed by atoms with E-state index in [0.29, 0.717) is 39.1 Å². The van der Waals surface area contributed by atoms with Gasteiger partial charge in [-0.2, -0.15) is 0 Å². The molecule has 5 aromatic rings. The average molecular weight is 594 g/mol. The van der Waals surface area contributed by atoms with Gasteiger partial charge in [-0.15, -0.1) is 0 Å². The van der Waals surface area contributed by atoms with Crippen LogP contribution in [0.4, 0.5) is 0 Å². The zero-order valence-electron chi connectivity index (χ0n) is 24.7. The van der Waals surface area contributed by atoms with E-state index in [4.69, 9.17) is 14.2 Å². The molecular formula is C39H31NO5. The lowest BCUT2D eigenvalue weighted by atomic mass is 9.99. The van der Waals surface area contributed by atoms with Crippen LogP contribution in [-0.2, 0) is 29.6 Å². The third-order valence-electron chi connectivity index (χ3n) is 7.50. The van der Waals surface area contributed by atoms with Gasteiger partial charge < -0.3 is 19.5 Å². The fourth-order valence-corrected chi connectivity index (χ4v) is 5.33. The number of carbonyl (C=O) groups excluding carboxylic acids is 2. The molecule has 0 bridgehead atoms. The zero-order valence-corrected chi connectivity index (χ0v) is 24.7. The number of nitrogens with one attached hydrogen (secondary N) is 1. The Morgan fingerprint density at radius 1 is 0.667 bits per heavy atom. The molecule has 0 aromatic heterocycles. The molecule has 1 N–H and O–H groups in total. The van der Waals surface area contributed by atoms with Gasteiger partial charge in [0.05, 0.1) is 19.2 Å². The van der Waals surface area contributed by atoms with Crippen molar-refractivity contribution in [2.45, 2.75) is 5.79 Å².